The third-order valence-corrected chi connectivity index (χ3v) is 8.41. The highest BCUT2D eigenvalue weighted by Crippen LogP contribution is 2.41. The lowest BCUT2D eigenvalue weighted by Crippen LogP contribution is -2.24. The molecule has 1 aliphatic rings. The SMILES string of the molecule is O=C(O)c1ccc(-c2nc([C@@H]3CCc4c(Cl)c(-c5cc(Cl)ccc5-n5cnnn5)cc(=O)n43)[nH]c2Cl)s1.O=C(OF)C(F)F. The van der Waals surface area contributed by atoms with E-state index in [4.69, 9.17) is 39.6 Å². The number of H-pyrrole nitrogens is 1. The van der Waals surface area contributed by atoms with E-state index in [0.29, 0.717) is 61.8 Å². The molecule has 1 atom stereocenters. The molecule has 1 aliphatic heterocycles. The number of fused-ring (bicyclic) bond motifs is 1. The van der Waals surface area contributed by atoms with Gasteiger partial charge < -0.3 is 14.7 Å². The molecule has 0 radical (unpaired) electrons. The number of halogens is 6. The summed E-state index contributed by atoms with van der Waals surface area (Å²) in [7, 11) is 0. The van der Waals surface area contributed by atoms with E-state index in [9.17, 15) is 28.0 Å². The maximum absolute atomic E-state index is 13.5. The molecule has 6 rings (SSSR count). The number of aromatic amines is 1. The van der Waals surface area contributed by atoms with E-state index < -0.39 is 24.4 Å². The average Bonchev–Trinajstić information content (AvgIpc) is 3.81. The lowest BCUT2D eigenvalue weighted by Gasteiger charge is -2.16. The summed E-state index contributed by atoms with van der Waals surface area (Å²) < 4.78 is 34.8. The number of carboxylic acids is 1. The van der Waals surface area contributed by atoms with E-state index in [1.54, 1.807) is 28.8 Å². The Balaban J connectivity index is 0.000000493. The number of carboxylic acid groups (broad SMARTS) is 1. The van der Waals surface area contributed by atoms with Gasteiger partial charge in [0, 0.05) is 32.4 Å². The molecule has 19 heteroatoms. The van der Waals surface area contributed by atoms with Crippen LogP contribution in [0, 0.1) is 0 Å². The summed E-state index contributed by atoms with van der Waals surface area (Å²) in [5.41, 5.74) is 2.58. The zero-order chi connectivity index (χ0) is 31.7. The van der Waals surface area contributed by atoms with Crippen LogP contribution >= 0.6 is 46.1 Å². The van der Waals surface area contributed by atoms with E-state index >= 15 is 0 Å². The van der Waals surface area contributed by atoms with Gasteiger partial charge in [-0.25, -0.2) is 19.5 Å². The molecule has 0 saturated heterocycles. The van der Waals surface area contributed by atoms with Crippen LogP contribution in [-0.4, -0.2) is 58.2 Å². The van der Waals surface area contributed by atoms with Crippen molar-refractivity contribution in [1.82, 2.24) is 34.7 Å². The van der Waals surface area contributed by atoms with Crippen molar-refractivity contribution in [2.45, 2.75) is 25.3 Å². The van der Waals surface area contributed by atoms with Crippen molar-refractivity contribution in [3.05, 3.63) is 84.7 Å². The Kier molecular flexibility index (Phi) is 9.05. The second-order valence-electron chi connectivity index (χ2n) is 8.95. The average molecular weight is 689 g/mol. The van der Waals surface area contributed by atoms with Gasteiger partial charge in [-0.2, -0.15) is 13.5 Å². The lowest BCUT2D eigenvalue weighted by atomic mass is 10.0. The Morgan fingerprint density at radius 1 is 1.14 bits per heavy atom. The van der Waals surface area contributed by atoms with Crippen molar-refractivity contribution >= 4 is 58.1 Å². The molecule has 1 aromatic carbocycles. The number of rotatable bonds is 6. The number of benzene rings is 1. The van der Waals surface area contributed by atoms with E-state index in [-0.39, 0.29) is 15.6 Å². The van der Waals surface area contributed by atoms with Crippen molar-refractivity contribution < 1.29 is 32.9 Å². The topological polar surface area (TPSA) is 158 Å². The van der Waals surface area contributed by atoms with Gasteiger partial charge in [-0.1, -0.05) is 34.8 Å². The Labute approximate surface area is 262 Å². The summed E-state index contributed by atoms with van der Waals surface area (Å²) in [4.78, 5) is 44.5. The number of imidazole rings is 1. The Bertz CT molecular complexity index is 1930. The third kappa shape index (κ3) is 6.06. The summed E-state index contributed by atoms with van der Waals surface area (Å²) in [6.45, 7) is 0. The number of nitrogens with zero attached hydrogens (tertiary/aromatic N) is 6. The molecular weight excluding hydrogens is 674 g/mol. The minimum Gasteiger partial charge on any atom is -0.477 e. The molecule has 12 nitrogen and oxygen atoms in total. The number of carbonyl (C=O) groups excluding carboxylic acids is 1. The first-order chi connectivity index (χ1) is 21.0. The second-order valence-corrected chi connectivity index (χ2v) is 11.2. The summed E-state index contributed by atoms with van der Waals surface area (Å²) >= 11 is 20.7. The van der Waals surface area contributed by atoms with Crippen LogP contribution in [0.5, 0.6) is 0 Å². The number of tetrazole rings is 1. The third-order valence-electron chi connectivity index (χ3n) is 6.39. The predicted octanol–water partition coefficient (Wildman–Crippen LogP) is 5.82. The molecule has 0 saturated carbocycles. The maximum atomic E-state index is 13.5. The van der Waals surface area contributed by atoms with Gasteiger partial charge in [-0.05, 0) is 53.6 Å². The van der Waals surface area contributed by atoms with E-state index in [0.717, 1.165) is 11.3 Å². The number of aromatic nitrogens is 7. The van der Waals surface area contributed by atoms with Crippen LogP contribution < -0.4 is 5.56 Å². The Morgan fingerprint density at radius 2 is 1.91 bits per heavy atom. The number of pyridine rings is 1. The summed E-state index contributed by atoms with van der Waals surface area (Å²) in [6.07, 6.45) is -0.822. The molecule has 44 heavy (non-hydrogen) atoms. The minimum atomic E-state index is -3.37. The van der Waals surface area contributed by atoms with Crippen LogP contribution in [0.3, 0.4) is 0 Å². The van der Waals surface area contributed by atoms with Crippen molar-refractivity contribution in [1.29, 1.82) is 0 Å². The van der Waals surface area contributed by atoms with Crippen molar-refractivity contribution in [2.75, 3.05) is 0 Å². The van der Waals surface area contributed by atoms with Crippen molar-refractivity contribution in [3.8, 4) is 27.4 Å². The molecule has 5 heterocycles. The maximum Gasteiger partial charge on any atom is 0.414 e. The molecule has 0 unspecified atom stereocenters. The van der Waals surface area contributed by atoms with Gasteiger partial charge in [-0.15, -0.1) is 16.4 Å². The van der Waals surface area contributed by atoms with Crippen molar-refractivity contribution in [3.63, 3.8) is 0 Å². The zero-order valence-corrected chi connectivity index (χ0v) is 24.6. The van der Waals surface area contributed by atoms with Crippen LogP contribution in [0.25, 0.3) is 27.4 Å². The van der Waals surface area contributed by atoms with Gasteiger partial charge in [0.15, 0.2) is 0 Å². The van der Waals surface area contributed by atoms with E-state index in [1.807, 2.05) is 0 Å². The molecule has 0 aliphatic carbocycles. The van der Waals surface area contributed by atoms with Crippen LogP contribution in [0.1, 0.15) is 33.7 Å². The fourth-order valence-corrected chi connectivity index (χ4v) is 6.23. The number of nitrogens with one attached hydrogen (secondary N) is 1. The zero-order valence-electron chi connectivity index (χ0n) is 21.5. The quantitative estimate of drug-likeness (QED) is 0.224. The highest BCUT2D eigenvalue weighted by atomic mass is 35.5. The molecule has 0 amide bonds. The van der Waals surface area contributed by atoms with Gasteiger partial charge in [0.25, 0.3) is 5.56 Å². The summed E-state index contributed by atoms with van der Waals surface area (Å²) in [6, 6.07) is 9.38. The fraction of sp³-hybridized carbons (Fsp3) is 0.160. The van der Waals surface area contributed by atoms with Gasteiger partial charge >= 0.3 is 18.4 Å². The number of hydrogen-bond donors (Lipinski definition) is 2. The fourth-order valence-electron chi connectivity index (χ4n) is 4.58. The van der Waals surface area contributed by atoms with Gasteiger partial charge in [0.05, 0.1) is 21.6 Å². The Hall–Kier alpha value is -4.25. The highest BCUT2D eigenvalue weighted by molar-refractivity contribution is 7.17. The first-order valence-electron chi connectivity index (χ1n) is 12.2. The molecular formula is C25H15Cl3F3N7O5S. The molecule has 5 aromatic rings. The molecule has 4 aromatic heterocycles. The van der Waals surface area contributed by atoms with Gasteiger partial charge in [0.2, 0.25) is 0 Å². The van der Waals surface area contributed by atoms with E-state index in [2.05, 4.69) is 30.4 Å². The summed E-state index contributed by atoms with van der Waals surface area (Å²) in [5.74, 6) is -2.68. The van der Waals surface area contributed by atoms with Gasteiger partial charge in [-0.3, -0.25) is 4.79 Å². The molecule has 0 fully saturated rings. The van der Waals surface area contributed by atoms with Crippen LogP contribution in [0.2, 0.25) is 15.2 Å². The lowest BCUT2D eigenvalue weighted by molar-refractivity contribution is -0.196. The number of carbonyl (C=O) groups is 2. The molecule has 0 bridgehead atoms. The smallest absolute Gasteiger partial charge is 0.414 e. The summed E-state index contributed by atoms with van der Waals surface area (Å²) in [5, 5.41) is 21.7. The van der Waals surface area contributed by atoms with Crippen LogP contribution in [0.15, 0.2) is 47.5 Å². The van der Waals surface area contributed by atoms with Crippen molar-refractivity contribution in [2.24, 2.45) is 0 Å². The normalized spacial score (nSPS) is 13.8. The minimum absolute atomic E-state index is 0.180. The number of aromatic carboxylic acids is 1. The monoisotopic (exact) mass is 687 g/mol. The largest absolute Gasteiger partial charge is 0.477 e. The number of hydrogen-bond acceptors (Lipinski definition) is 9. The van der Waals surface area contributed by atoms with E-state index in [1.165, 1.54) is 23.1 Å². The van der Waals surface area contributed by atoms with Crippen LogP contribution in [-0.2, 0) is 16.2 Å². The highest BCUT2D eigenvalue weighted by Gasteiger charge is 2.32. The second kappa shape index (κ2) is 12.8. The van der Waals surface area contributed by atoms with Gasteiger partial charge in [0.1, 0.15) is 27.9 Å². The number of thiophene rings is 1. The molecule has 228 valence electrons. The molecule has 0 spiro atoms. The van der Waals surface area contributed by atoms with Crippen LogP contribution in [0.4, 0.5) is 13.3 Å². The first kappa shape index (κ1) is 31.2. The predicted molar refractivity (Wildman–Crippen MR) is 152 cm³/mol. The first-order valence-corrected chi connectivity index (χ1v) is 14.1. The standard InChI is InChI=1S/C23H14Cl3N7O3S.C2HF3O2/c24-10-1-2-13(32-9-27-30-31-32)11(7-10)12-8-18(34)33-14(19(12)25)3-4-15(33)22-28-20(21(26)29-22)16-5-6-17(37-16)23(35)36;3-1(4)2(6)7-5/h1-2,5-9,15H,3-4H2,(H,28,29)(H,35,36);1H/t15-;/m0./s1. The number of alkyl halides is 2. The Morgan fingerprint density at radius 3 is 2.52 bits per heavy atom. The molecule has 2 N–H and O–H groups in total.